The zero-order valence-corrected chi connectivity index (χ0v) is 19.3. The van der Waals surface area contributed by atoms with Crippen LogP contribution in [0.4, 0.5) is 0 Å². The molecule has 1 fully saturated rings. The first-order valence-electron chi connectivity index (χ1n) is 10.9. The molecule has 33 heavy (non-hydrogen) atoms. The second-order valence-electron chi connectivity index (χ2n) is 8.07. The van der Waals surface area contributed by atoms with E-state index in [4.69, 9.17) is 9.52 Å². The van der Waals surface area contributed by atoms with Gasteiger partial charge in [-0.25, -0.2) is 5.01 Å². The van der Waals surface area contributed by atoms with Crippen LogP contribution >= 0.6 is 23.1 Å². The molecule has 1 atom stereocenters. The van der Waals surface area contributed by atoms with E-state index in [1.807, 2.05) is 60.0 Å². The van der Waals surface area contributed by atoms with Crippen molar-refractivity contribution >= 4 is 34.7 Å². The fourth-order valence-corrected chi connectivity index (χ4v) is 5.56. The summed E-state index contributed by atoms with van der Waals surface area (Å²) in [4.78, 5) is 14.4. The van der Waals surface area contributed by atoms with Gasteiger partial charge in [-0.2, -0.15) is 5.10 Å². The fraction of sp³-hybridized carbons (Fsp3) is 0.250. The standard InChI is InChI=1S/C24H21N5O2S2/c30-22(29-19(20-8-4-12-31-20)14-18(27-29)21-9-5-13-32-21)15-33-24-26-25-23(16-10-11-16)28(24)17-6-2-1-3-7-17/h1-9,12-13,16,19H,10-11,14-15H2. The van der Waals surface area contributed by atoms with Crippen LogP contribution in [0.15, 0.2) is 80.9 Å². The van der Waals surface area contributed by atoms with Crippen LogP contribution in [-0.4, -0.2) is 37.1 Å². The van der Waals surface area contributed by atoms with Crippen LogP contribution in [0, 0.1) is 0 Å². The van der Waals surface area contributed by atoms with Crippen LogP contribution in [0.25, 0.3) is 5.69 Å². The van der Waals surface area contributed by atoms with E-state index >= 15 is 0 Å². The summed E-state index contributed by atoms with van der Waals surface area (Å²) in [5.41, 5.74) is 1.93. The van der Waals surface area contributed by atoms with Gasteiger partial charge in [0.15, 0.2) is 5.16 Å². The number of nitrogens with zero attached hydrogens (tertiary/aromatic N) is 5. The molecule has 4 heterocycles. The van der Waals surface area contributed by atoms with Crippen LogP contribution in [0.2, 0.25) is 0 Å². The third kappa shape index (κ3) is 4.02. The lowest BCUT2D eigenvalue weighted by atomic mass is 10.1. The topological polar surface area (TPSA) is 76.5 Å². The van der Waals surface area contributed by atoms with Crippen molar-refractivity contribution in [2.75, 3.05) is 5.75 Å². The van der Waals surface area contributed by atoms with Crippen LogP contribution in [0.5, 0.6) is 0 Å². The molecular weight excluding hydrogens is 454 g/mol. The van der Waals surface area contributed by atoms with Crippen LogP contribution < -0.4 is 0 Å². The Bertz CT molecular complexity index is 1280. The van der Waals surface area contributed by atoms with Gasteiger partial charge in [0.25, 0.3) is 5.91 Å². The second kappa shape index (κ2) is 8.64. The zero-order valence-electron chi connectivity index (χ0n) is 17.7. The normalized spacial score (nSPS) is 18.0. The summed E-state index contributed by atoms with van der Waals surface area (Å²) < 4.78 is 7.73. The monoisotopic (exact) mass is 475 g/mol. The number of rotatable bonds is 7. The number of amides is 1. The lowest BCUT2D eigenvalue weighted by Gasteiger charge is -2.19. The quantitative estimate of drug-likeness (QED) is 0.340. The van der Waals surface area contributed by atoms with E-state index in [1.165, 1.54) is 11.8 Å². The van der Waals surface area contributed by atoms with E-state index < -0.39 is 0 Å². The first-order valence-corrected chi connectivity index (χ1v) is 12.7. The highest BCUT2D eigenvalue weighted by molar-refractivity contribution is 7.99. The summed E-state index contributed by atoms with van der Waals surface area (Å²) in [5.74, 6) is 2.30. The van der Waals surface area contributed by atoms with Crippen molar-refractivity contribution in [1.82, 2.24) is 19.8 Å². The Morgan fingerprint density at radius 2 is 1.97 bits per heavy atom. The van der Waals surface area contributed by atoms with Crippen LogP contribution in [0.1, 0.15) is 47.7 Å². The van der Waals surface area contributed by atoms with Gasteiger partial charge in [-0.15, -0.1) is 21.5 Å². The number of benzene rings is 1. The first-order chi connectivity index (χ1) is 16.3. The van der Waals surface area contributed by atoms with E-state index in [2.05, 4.69) is 14.8 Å². The summed E-state index contributed by atoms with van der Waals surface area (Å²) in [7, 11) is 0. The van der Waals surface area contributed by atoms with Gasteiger partial charge in [-0.3, -0.25) is 9.36 Å². The number of hydrogen-bond donors (Lipinski definition) is 0. The summed E-state index contributed by atoms with van der Waals surface area (Å²) in [6, 6.07) is 17.6. The minimum Gasteiger partial charge on any atom is -0.467 e. The maximum absolute atomic E-state index is 13.3. The molecule has 1 aromatic carbocycles. The molecule has 2 aliphatic rings. The molecule has 1 unspecified atom stereocenters. The zero-order chi connectivity index (χ0) is 22.2. The number of furan rings is 1. The molecule has 166 valence electrons. The van der Waals surface area contributed by atoms with Gasteiger partial charge in [-0.1, -0.05) is 36.0 Å². The lowest BCUT2D eigenvalue weighted by Crippen LogP contribution is -2.28. The molecule has 0 N–H and O–H groups in total. The Labute approximate surface area is 199 Å². The molecular formula is C24H21N5O2S2. The summed E-state index contributed by atoms with van der Waals surface area (Å²) in [6.07, 6.45) is 4.54. The van der Waals surface area contributed by atoms with E-state index in [0.29, 0.717) is 12.3 Å². The molecule has 1 amide bonds. The smallest absolute Gasteiger partial charge is 0.253 e. The van der Waals surface area contributed by atoms with Gasteiger partial charge in [0, 0.05) is 18.0 Å². The van der Waals surface area contributed by atoms with Crippen molar-refractivity contribution in [2.24, 2.45) is 5.10 Å². The average molecular weight is 476 g/mol. The number of hydrazone groups is 1. The Balaban J connectivity index is 1.25. The number of para-hydroxylation sites is 1. The Morgan fingerprint density at radius 1 is 1.09 bits per heavy atom. The minimum absolute atomic E-state index is 0.0801. The third-order valence-electron chi connectivity index (χ3n) is 5.78. The molecule has 1 aliphatic carbocycles. The van der Waals surface area contributed by atoms with Crippen molar-refractivity contribution < 1.29 is 9.21 Å². The van der Waals surface area contributed by atoms with Gasteiger partial charge in [0.2, 0.25) is 0 Å². The third-order valence-corrected chi connectivity index (χ3v) is 7.62. The average Bonchev–Trinajstić information content (AvgIpc) is 3.34. The molecule has 9 heteroatoms. The summed E-state index contributed by atoms with van der Waals surface area (Å²) >= 11 is 3.03. The Morgan fingerprint density at radius 3 is 2.70 bits per heavy atom. The van der Waals surface area contributed by atoms with Gasteiger partial charge in [0.1, 0.15) is 17.6 Å². The van der Waals surface area contributed by atoms with Crippen molar-refractivity contribution in [3.63, 3.8) is 0 Å². The van der Waals surface area contributed by atoms with Crippen molar-refractivity contribution in [2.45, 2.75) is 36.4 Å². The highest BCUT2D eigenvalue weighted by Crippen LogP contribution is 2.41. The van der Waals surface area contributed by atoms with Crippen molar-refractivity contribution in [3.8, 4) is 5.69 Å². The molecule has 1 aliphatic heterocycles. The van der Waals surface area contributed by atoms with Crippen LogP contribution in [-0.2, 0) is 4.79 Å². The number of thioether (sulfide) groups is 1. The van der Waals surface area contributed by atoms with Gasteiger partial charge >= 0.3 is 0 Å². The van der Waals surface area contributed by atoms with E-state index in [0.717, 1.165) is 45.9 Å². The van der Waals surface area contributed by atoms with Crippen molar-refractivity contribution in [1.29, 1.82) is 0 Å². The molecule has 7 nitrogen and oxygen atoms in total. The maximum Gasteiger partial charge on any atom is 0.253 e. The predicted octanol–water partition coefficient (Wildman–Crippen LogP) is 5.27. The Hall–Kier alpha value is -3.17. The fourth-order valence-electron chi connectivity index (χ4n) is 4.03. The first kappa shape index (κ1) is 20.4. The number of thiophene rings is 1. The molecule has 4 aromatic rings. The summed E-state index contributed by atoms with van der Waals surface area (Å²) in [5, 5.41) is 17.9. The van der Waals surface area contributed by atoms with Gasteiger partial charge in [-0.05, 0) is 48.6 Å². The Kier molecular flexibility index (Phi) is 5.35. The minimum atomic E-state index is -0.237. The van der Waals surface area contributed by atoms with Crippen LogP contribution in [0.3, 0.4) is 0 Å². The number of aromatic nitrogens is 3. The lowest BCUT2D eigenvalue weighted by molar-refractivity contribution is -0.130. The molecule has 1 saturated carbocycles. The van der Waals surface area contributed by atoms with E-state index in [1.54, 1.807) is 22.6 Å². The highest BCUT2D eigenvalue weighted by atomic mass is 32.2. The summed E-state index contributed by atoms with van der Waals surface area (Å²) in [6.45, 7) is 0. The number of carbonyl (C=O) groups is 1. The molecule has 0 spiro atoms. The van der Waals surface area contributed by atoms with Gasteiger partial charge < -0.3 is 4.42 Å². The molecule has 6 rings (SSSR count). The molecule has 0 radical (unpaired) electrons. The molecule has 0 saturated heterocycles. The highest BCUT2D eigenvalue weighted by Gasteiger charge is 2.36. The number of hydrogen-bond acceptors (Lipinski definition) is 7. The SMILES string of the molecule is O=C(CSc1nnc(C2CC2)n1-c1ccccc1)N1N=C(c2cccs2)CC1c1ccco1. The largest absolute Gasteiger partial charge is 0.467 e. The van der Waals surface area contributed by atoms with Gasteiger partial charge in [0.05, 0.1) is 22.6 Å². The number of carbonyl (C=O) groups excluding carboxylic acids is 1. The molecule has 3 aromatic heterocycles. The van der Waals surface area contributed by atoms with E-state index in [9.17, 15) is 4.79 Å². The second-order valence-corrected chi connectivity index (χ2v) is 9.96. The predicted molar refractivity (Wildman–Crippen MR) is 128 cm³/mol. The molecule has 0 bridgehead atoms. The maximum atomic E-state index is 13.3. The van der Waals surface area contributed by atoms with E-state index in [-0.39, 0.29) is 17.7 Å². The van der Waals surface area contributed by atoms with Crippen molar-refractivity contribution in [3.05, 3.63) is 82.7 Å².